The lowest BCUT2D eigenvalue weighted by atomic mass is 9.79. The molecule has 1 aromatic heterocycles. The normalized spacial score (nSPS) is 17.4. The molecule has 0 aromatic carbocycles. The van der Waals surface area contributed by atoms with E-state index >= 15 is 0 Å². The van der Waals surface area contributed by atoms with Gasteiger partial charge in [-0.2, -0.15) is 0 Å². The van der Waals surface area contributed by atoms with Gasteiger partial charge in [0, 0.05) is 23.5 Å². The maximum absolute atomic E-state index is 11.9. The predicted molar refractivity (Wildman–Crippen MR) is 71.3 cm³/mol. The minimum Gasteiger partial charge on any atom is -0.481 e. The third-order valence-corrected chi connectivity index (χ3v) is 4.55. The van der Waals surface area contributed by atoms with Gasteiger partial charge >= 0.3 is 10.8 Å². The Kier molecular flexibility index (Phi) is 3.61. The summed E-state index contributed by atoms with van der Waals surface area (Å²) in [5, 5.41) is 8.63. The van der Waals surface area contributed by atoms with Crippen molar-refractivity contribution in [3.63, 3.8) is 0 Å². The lowest BCUT2D eigenvalue weighted by Crippen LogP contribution is -2.24. The van der Waals surface area contributed by atoms with Crippen LogP contribution in [0.2, 0.25) is 0 Å². The molecular weight excluding hydrogens is 250 g/mol. The third-order valence-electron chi connectivity index (χ3n) is 3.53. The van der Waals surface area contributed by atoms with Crippen LogP contribution in [0.5, 0.6) is 0 Å². The maximum atomic E-state index is 11.9. The Bertz CT molecular complexity index is 513. The molecule has 1 aliphatic carbocycles. The summed E-state index contributed by atoms with van der Waals surface area (Å²) in [4.78, 5) is 23.7. The van der Waals surface area contributed by atoms with Crippen molar-refractivity contribution in [2.24, 2.45) is 5.41 Å². The Morgan fingerprint density at radius 3 is 2.89 bits per heavy atom. The summed E-state index contributed by atoms with van der Waals surface area (Å²) in [7, 11) is 0. The average Bonchev–Trinajstić information content (AvgIpc) is 2.52. The summed E-state index contributed by atoms with van der Waals surface area (Å²) in [6.45, 7) is 5.00. The zero-order valence-electron chi connectivity index (χ0n) is 10.9. The summed E-state index contributed by atoms with van der Waals surface area (Å²) in [6, 6.07) is 0. The van der Waals surface area contributed by atoms with Crippen LogP contribution in [0.15, 0.2) is 4.79 Å². The summed E-state index contributed by atoms with van der Waals surface area (Å²) in [5.41, 5.74) is 1.43. The molecule has 5 heteroatoms. The molecule has 0 aliphatic heterocycles. The van der Waals surface area contributed by atoms with Crippen LogP contribution in [0.3, 0.4) is 0 Å². The van der Waals surface area contributed by atoms with E-state index in [0.29, 0.717) is 13.0 Å². The van der Waals surface area contributed by atoms with Gasteiger partial charge in [-0.15, -0.1) is 0 Å². The highest BCUT2D eigenvalue weighted by Gasteiger charge is 2.29. The van der Waals surface area contributed by atoms with Gasteiger partial charge in [-0.1, -0.05) is 25.2 Å². The molecule has 2 rings (SSSR count). The van der Waals surface area contributed by atoms with E-state index in [4.69, 9.17) is 5.11 Å². The quantitative estimate of drug-likeness (QED) is 0.912. The lowest BCUT2D eigenvalue weighted by Gasteiger charge is -2.29. The van der Waals surface area contributed by atoms with Crippen LogP contribution in [0.4, 0.5) is 0 Å². The van der Waals surface area contributed by atoms with Gasteiger partial charge in [0.25, 0.3) is 0 Å². The van der Waals surface area contributed by atoms with Crippen molar-refractivity contribution in [1.82, 2.24) is 4.57 Å². The molecule has 0 unspecified atom stereocenters. The fourth-order valence-electron chi connectivity index (χ4n) is 2.49. The van der Waals surface area contributed by atoms with Crippen LogP contribution >= 0.6 is 11.3 Å². The minimum absolute atomic E-state index is 0.0723. The van der Waals surface area contributed by atoms with Crippen LogP contribution in [0, 0.1) is 5.41 Å². The fourth-order valence-corrected chi connectivity index (χ4v) is 3.80. The molecule has 0 saturated carbocycles. The van der Waals surface area contributed by atoms with Gasteiger partial charge in [0.05, 0.1) is 0 Å². The molecule has 0 fully saturated rings. The molecule has 1 N–H and O–H groups in total. The Labute approximate surface area is 110 Å². The number of carbonyl (C=O) groups is 1. The molecule has 0 radical (unpaired) electrons. The highest BCUT2D eigenvalue weighted by molar-refractivity contribution is 7.09. The van der Waals surface area contributed by atoms with Crippen molar-refractivity contribution in [1.29, 1.82) is 0 Å². The van der Waals surface area contributed by atoms with E-state index in [9.17, 15) is 9.59 Å². The molecule has 0 bridgehead atoms. The van der Waals surface area contributed by atoms with Crippen LogP contribution in [0.1, 0.15) is 43.7 Å². The summed E-state index contributed by atoms with van der Waals surface area (Å²) in [5.74, 6) is -0.798. The van der Waals surface area contributed by atoms with Gasteiger partial charge in [0.15, 0.2) is 0 Å². The number of rotatable bonds is 4. The number of carboxylic acid groups (broad SMARTS) is 1. The van der Waals surface area contributed by atoms with Crippen LogP contribution in [0.25, 0.3) is 0 Å². The molecule has 0 spiro atoms. The van der Waals surface area contributed by atoms with Gasteiger partial charge in [-0.05, 0) is 31.1 Å². The van der Waals surface area contributed by atoms with E-state index in [-0.39, 0.29) is 16.7 Å². The zero-order valence-corrected chi connectivity index (χ0v) is 11.7. The number of thiazole rings is 1. The van der Waals surface area contributed by atoms with E-state index in [0.717, 1.165) is 25.0 Å². The van der Waals surface area contributed by atoms with E-state index < -0.39 is 5.97 Å². The van der Waals surface area contributed by atoms with Crippen LogP contribution in [-0.2, 0) is 24.2 Å². The van der Waals surface area contributed by atoms with Crippen molar-refractivity contribution in [3.05, 3.63) is 20.2 Å². The van der Waals surface area contributed by atoms with Gasteiger partial charge in [-0.3, -0.25) is 9.59 Å². The second-order valence-corrected chi connectivity index (χ2v) is 6.77. The number of fused-ring (bicyclic) bond motifs is 1. The van der Waals surface area contributed by atoms with Gasteiger partial charge in [-0.25, -0.2) is 0 Å². The summed E-state index contributed by atoms with van der Waals surface area (Å²) < 4.78 is 1.79. The van der Waals surface area contributed by atoms with Crippen molar-refractivity contribution in [3.8, 4) is 0 Å². The predicted octanol–water partition coefficient (Wildman–Crippen LogP) is 2.29. The van der Waals surface area contributed by atoms with Crippen molar-refractivity contribution in [2.75, 3.05) is 0 Å². The number of carboxylic acids is 1. The Balaban J connectivity index is 2.15. The fraction of sp³-hybridized carbons (Fsp3) is 0.692. The van der Waals surface area contributed by atoms with Crippen molar-refractivity contribution < 1.29 is 9.90 Å². The molecule has 100 valence electrons. The smallest absolute Gasteiger partial charge is 0.307 e. The number of hydrogen-bond donors (Lipinski definition) is 1. The SMILES string of the molecule is CC1(C)CCc2c(sc(=O)n2CCCC(=O)O)C1. The minimum atomic E-state index is -0.798. The maximum Gasteiger partial charge on any atom is 0.307 e. The Morgan fingerprint density at radius 2 is 2.22 bits per heavy atom. The molecule has 0 amide bonds. The molecular formula is C13H19NO3S. The molecule has 1 heterocycles. The lowest BCUT2D eigenvalue weighted by molar-refractivity contribution is -0.137. The van der Waals surface area contributed by atoms with Gasteiger partial charge in [0.1, 0.15) is 0 Å². The first-order valence-electron chi connectivity index (χ1n) is 6.32. The molecule has 0 saturated heterocycles. The molecule has 1 aliphatic rings. The number of hydrogen-bond acceptors (Lipinski definition) is 3. The highest BCUT2D eigenvalue weighted by Crippen LogP contribution is 2.35. The zero-order chi connectivity index (χ0) is 13.3. The number of aromatic nitrogens is 1. The highest BCUT2D eigenvalue weighted by atomic mass is 32.1. The topological polar surface area (TPSA) is 59.3 Å². The van der Waals surface area contributed by atoms with E-state index in [2.05, 4.69) is 13.8 Å². The number of nitrogens with zero attached hydrogens (tertiary/aromatic N) is 1. The second-order valence-electron chi connectivity index (χ2n) is 5.73. The first kappa shape index (κ1) is 13.3. The van der Waals surface area contributed by atoms with Crippen LogP contribution in [-0.4, -0.2) is 15.6 Å². The third kappa shape index (κ3) is 2.83. The Morgan fingerprint density at radius 1 is 1.50 bits per heavy atom. The average molecular weight is 269 g/mol. The first-order chi connectivity index (χ1) is 8.39. The monoisotopic (exact) mass is 269 g/mol. The number of aliphatic carboxylic acids is 1. The van der Waals surface area contributed by atoms with Crippen molar-refractivity contribution in [2.45, 2.75) is 52.5 Å². The molecule has 18 heavy (non-hydrogen) atoms. The van der Waals surface area contributed by atoms with E-state index in [1.807, 2.05) is 0 Å². The van der Waals surface area contributed by atoms with E-state index in [1.54, 1.807) is 4.57 Å². The van der Waals surface area contributed by atoms with Crippen molar-refractivity contribution >= 4 is 17.3 Å². The second kappa shape index (κ2) is 4.88. The van der Waals surface area contributed by atoms with E-state index in [1.165, 1.54) is 16.2 Å². The largest absolute Gasteiger partial charge is 0.481 e. The first-order valence-corrected chi connectivity index (χ1v) is 7.14. The molecule has 1 aromatic rings. The van der Waals surface area contributed by atoms with Crippen LogP contribution < -0.4 is 4.87 Å². The Hall–Kier alpha value is -1.10. The summed E-state index contributed by atoms with van der Waals surface area (Å²) >= 11 is 1.34. The molecule has 0 atom stereocenters. The summed E-state index contributed by atoms with van der Waals surface area (Å²) in [6.07, 6.45) is 3.65. The molecule has 4 nitrogen and oxygen atoms in total. The standard InChI is InChI=1S/C13H19NO3S/c1-13(2)6-5-9-10(8-13)18-12(17)14(9)7-3-4-11(15)16/h3-8H2,1-2H3,(H,15,16). The van der Waals surface area contributed by atoms with Gasteiger partial charge in [0.2, 0.25) is 0 Å². The van der Waals surface area contributed by atoms with Gasteiger partial charge < -0.3 is 9.67 Å².